The van der Waals surface area contributed by atoms with Crippen molar-refractivity contribution in [2.45, 2.75) is 88.0 Å². The summed E-state index contributed by atoms with van der Waals surface area (Å²) >= 11 is 3.51. The summed E-state index contributed by atoms with van der Waals surface area (Å²) in [5.74, 6) is -1.36. The number of nitrogens with zero attached hydrogens (tertiary/aromatic N) is 3. The van der Waals surface area contributed by atoms with E-state index in [9.17, 15) is 43.7 Å². The Morgan fingerprint density at radius 3 is 2.25 bits per heavy atom. The topological polar surface area (TPSA) is 226 Å². The number of hydrogen-bond donors (Lipinski definition) is 2. The summed E-state index contributed by atoms with van der Waals surface area (Å²) < 4.78 is 105. The van der Waals surface area contributed by atoms with Crippen molar-refractivity contribution in [1.82, 2.24) is 0 Å². The van der Waals surface area contributed by atoms with E-state index in [0.717, 1.165) is 15.7 Å². The standard InChI is InChI=1S/C35H44BrN3O11S3/c1-34(2)28-22-25(36)24-38(18-10-20-51(42,43)44)33(28)37-30(34)12-6-4-7-13-31-35(3,17-9-5-8-14-32(40)41)27-23-26(53(48,49)50)15-16-29(27)39(31)19-11-21-52(45,46)47/h4,6-7,12-13,15-16,22-24H,5,8-11,14,17-21H2,1-3H3,(H3-,40,41,42,43,44,45,46,47,48,49,50)/p-1. The Balaban J connectivity index is 1.68. The number of hydrogen-bond acceptors (Lipinski definition) is 11. The Kier molecular flexibility index (Phi) is 13.3. The van der Waals surface area contributed by atoms with Crippen molar-refractivity contribution in [2.75, 3.05) is 23.0 Å². The minimum atomic E-state index is -4.56. The van der Waals surface area contributed by atoms with Crippen molar-refractivity contribution in [1.29, 1.82) is 0 Å². The summed E-state index contributed by atoms with van der Waals surface area (Å²) in [5, 5.41) is 9.08. The molecule has 53 heavy (non-hydrogen) atoms. The van der Waals surface area contributed by atoms with Gasteiger partial charge >= 0.3 is 11.8 Å². The van der Waals surface area contributed by atoms with E-state index in [2.05, 4.69) is 15.9 Å². The zero-order valence-electron chi connectivity index (χ0n) is 29.6. The van der Waals surface area contributed by atoms with Crippen LogP contribution in [0.4, 0.5) is 11.5 Å². The highest BCUT2D eigenvalue weighted by atomic mass is 79.9. The number of rotatable bonds is 18. The van der Waals surface area contributed by atoms with Gasteiger partial charge in [-0.15, -0.1) is 0 Å². The van der Waals surface area contributed by atoms with Gasteiger partial charge in [-0.05, 0) is 109 Å². The highest BCUT2D eigenvalue weighted by molar-refractivity contribution is 9.10. The normalized spacial score (nSPS) is 19.3. The molecule has 0 radical (unpaired) electrons. The first-order valence-corrected chi connectivity index (χ1v) is 22.3. The Bertz CT molecular complexity index is 2200. The van der Waals surface area contributed by atoms with E-state index < -0.39 is 58.7 Å². The predicted molar refractivity (Wildman–Crippen MR) is 201 cm³/mol. The predicted octanol–water partition coefficient (Wildman–Crippen LogP) is 5.03. The van der Waals surface area contributed by atoms with Crippen LogP contribution in [0.25, 0.3) is 0 Å². The Morgan fingerprint density at radius 1 is 0.925 bits per heavy atom. The molecule has 290 valence electrons. The lowest BCUT2D eigenvalue weighted by atomic mass is 9.77. The van der Waals surface area contributed by atoms with E-state index in [-0.39, 0.29) is 37.2 Å². The molecule has 1 aromatic carbocycles. The van der Waals surface area contributed by atoms with Crippen molar-refractivity contribution in [3.63, 3.8) is 0 Å². The molecule has 2 N–H and O–H groups in total. The highest BCUT2D eigenvalue weighted by Crippen LogP contribution is 2.51. The molecule has 0 spiro atoms. The molecular formula is C35H43BrN3O11S3-. The van der Waals surface area contributed by atoms with Crippen LogP contribution in [0.1, 0.15) is 76.8 Å². The quantitative estimate of drug-likeness (QED) is 0.0872. The molecule has 2 aromatic rings. The third-order valence-electron chi connectivity index (χ3n) is 9.49. The molecule has 2 aliphatic heterocycles. The number of allylic oxidation sites excluding steroid dienone is 6. The van der Waals surface area contributed by atoms with E-state index >= 15 is 0 Å². The van der Waals surface area contributed by atoms with Crippen LogP contribution in [0.3, 0.4) is 0 Å². The first-order valence-electron chi connectivity index (χ1n) is 16.9. The molecule has 0 amide bonds. The highest BCUT2D eigenvalue weighted by Gasteiger charge is 2.44. The lowest BCUT2D eigenvalue weighted by Gasteiger charge is -2.30. The minimum Gasteiger partial charge on any atom is -0.748 e. The Morgan fingerprint density at radius 2 is 1.60 bits per heavy atom. The number of unbranched alkanes of at least 4 members (excludes halogenated alkanes) is 2. The van der Waals surface area contributed by atoms with Crippen LogP contribution in [-0.4, -0.2) is 73.7 Å². The zero-order chi connectivity index (χ0) is 39.4. The van der Waals surface area contributed by atoms with Gasteiger partial charge in [0.1, 0.15) is 6.20 Å². The summed E-state index contributed by atoms with van der Waals surface area (Å²) in [7, 11) is -13.4. The van der Waals surface area contributed by atoms with E-state index in [1.807, 2.05) is 48.5 Å². The number of anilines is 1. The van der Waals surface area contributed by atoms with Crippen molar-refractivity contribution in [3.05, 3.63) is 82.1 Å². The number of benzene rings is 1. The fourth-order valence-electron chi connectivity index (χ4n) is 6.79. The number of carbonyl (C=O) groups is 1. The number of pyridine rings is 1. The molecule has 0 saturated heterocycles. The largest absolute Gasteiger partial charge is 0.748 e. The molecule has 0 saturated carbocycles. The van der Waals surface area contributed by atoms with Crippen LogP contribution >= 0.6 is 15.9 Å². The second kappa shape index (κ2) is 16.6. The monoisotopic (exact) mass is 856 g/mol. The van der Waals surface area contributed by atoms with Crippen LogP contribution < -0.4 is 9.47 Å². The maximum absolute atomic E-state index is 12.1. The molecule has 0 fully saturated rings. The molecule has 14 nitrogen and oxygen atoms in total. The molecule has 1 aromatic heterocycles. The van der Waals surface area contributed by atoms with Gasteiger partial charge in [-0.3, -0.25) is 9.35 Å². The van der Waals surface area contributed by atoms with Crippen molar-refractivity contribution in [2.24, 2.45) is 4.99 Å². The Labute approximate surface area is 319 Å². The molecule has 1 unspecified atom stereocenters. The second-order valence-electron chi connectivity index (χ2n) is 13.8. The number of aromatic nitrogens is 1. The maximum Gasteiger partial charge on any atom is 0.327 e. The van der Waals surface area contributed by atoms with Gasteiger partial charge in [0.15, 0.2) is 5.71 Å². The lowest BCUT2D eigenvalue weighted by Crippen LogP contribution is -2.36. The molecule has 4 rings (SSSR count). The number of aliphatic carboxylic acids is 1. The first-order chi connectivity index (χ1) is 24.5. The van der Waals surface area contributed by atoms with Gasteiger partial charge in [-0.1, -0.05) is 31.1 Å². The van der Waals surface area contributed by atoms with Gasteiger partial charge < -0.3 is 19.1 Å². The second-order valence-corrected chi connectivity index (χ2v) is 19.2. The average molecular weight is 858 g/mol. The van der Waals surface area contributed by atoms with E-state index in [1.165, 1.54) is 12.1 Å². The van der Waals surface area contributed by atoms with Gasteiger partial charge in [0.25, 0.3) is 10.1 Å². The minimum absolute atomic E-state index is 0.000740. The first kappa shape index (κ1) is 42.5. The average Bonchev–Trinajstić information content (AvgIpc) is 3.41. The third-order valence-corrected chi connectivity index (χ3v) is 12.3. The van der Waals surface area contributed by atoms with Gasteiger partial charge in [0.05, 0.1) is 47.1 Å². The van der Waals surface area contributed by atoms with E-state index in [0.29, 0.717) is 48.4 Å². The van der Waals surface area contributed by atoms with Gasteiger partial charge in [-0.2, -0.15) is 8.42 Å². The van der Waals surface area contributed by atoms with Crippen LogP contribution in [0, 0.1) is 0 Å². The molecular weight excluding hydrogens is 815 g/mol. The van der Waals surface area contributed by atoms with Crippen LogP contribution in [0.2, 0.25) is 0 Å². The lowest BCUT2D eigenvalue weighted by molar-refractivity contribution is -0.684. The number of carboxylic acid groups (broad SMARTS) is 1. The number of halogens is 1. The number of aliphatic imine (C=N–C) groups is 1. The third kappa shape index (κ3) is 10.9. The number of carboxylic acids is 1. The molecule has 0 aliphatic carbocycles. The van der Waals surface area contributed by atoms with E-state index in [4.69, 9.17) is 10.1 Å². The van der Waals surface area contributed by atoms with Gasteiger partial charge in [0.2, 0.25) is 0 Å². The summed E-state index contributed by atoms with van der Waals surface area (Å²) in [5.41, 5.74) is 2.15. The summed E-state index contributed by atoms with van der Waals surface area (Å²) in [6.45, 7) is 6.32. The molecule has 3 heterocycles. The number of fused-ring (bicyclic) bond motifs is 2. The van der Waals surface area contributed by atoms with Gasteiger partial charge in [0, 0.05) is 41.3 Å². The van der Waals surface area contributed by atoms with Crippen molar-refractivity contribution >= 4 is 69.5 Å². The SMILES string of the molecule is CC1(C)C(/C=C/C=C/C=C2\N(CCCS(=O)(=O)[O-])c3ccc(S(=O)(=O)O)cc3C2(C)CCCCCC(=O)O)=Nc2c1cc(Br)c[n+]2CCCS(=O)(=O)[O-]. The molecule has 2 aliphatic rings. The van der Waals surface area contributed by atoms with Crippen LogP contribution in [-0.2, 0) is 52.5 Å². The maximum atomic E-state index is 12.1. The molecule has 1 atom stereocenters. The fraction of sp³-hybridized carbons (Fsp3) is 0.457. The smallest absolute Gasteiger partial charge is 0.327 e. The molecule has 0 bridgehead atoms. The Hall–Kier alpha value is -3.26. The van der Waals surface area contributed by atoms with Crippen LogP contribution in [0.5, 0.6) is 0 Å². The molecule has 18 heteroatoms. The summed E-state index contributed by atoms with van der Waals surface area (Å²) in [6, 6.07) is 6.14. The fourth-order valence-corrected chi connectivity index (χ4v) is 8.74. The zero-order valence-corrected chi connectivity index (χ0v) is 33.6. The van der Waals surface area contributed by atoms with Gasteiger partial charge in [-0.25, -0.2) is 21.4 Å². The van der Waals surface area contributed by atoms with Crippen LogP contribution in [0.15, 0.2) is 80.9 Å². The van der Waals surface area contributed by atoms with E-state index in [1.54, 1.807) is 30.5 Å². The summed E-state index contributed by atoms with van der Waals surface area (Å²) in [6.07, 6.45) is 13.0. The van der Waals surface area contributed by atoms with Crippen molar-refractivity contribution < 1.29 is 53.4 Å². The summed E-state index contributed by atoms with van der Waals surface area (Å²) in [4.78, 5) is 17.5. The van der Waals surface area contributed by atoms with Crippen molar-refractivity contribution in [3.8, 4) is 0 Å². The number of aryl methyl sites for hydroxylation is 1.